The molecule has 1 aromatic carbocycles. The van der Waals surface area contributed by atoms with Crippen molar-refractivity contribution in [3.63, 3.8) is 0 Å². The molecule has 1 aromatic rings. The summed E-state index contributed by atoms with van der Waals surface area (Å²) in [6.07, 6.45) is 4.10. The number of methoxy groups -OCH3 is 2. The van der Waals surface area contributed by atoms with Gasteiger partial charge in [0.1, 0.15) is 17.1 Å². The number of hydrogen-bond acceptors (Lipinski definition) is 3. The summed E-state index contributed by atoms with van der Waals surface area (Å²) in [6.45, 7) is 2.10. The molecule has 0 bridgehead atoms. The van der Waals surface area contributed by atoms with Crippen LogP contribution in [0.15, 0.2) is 18.2 Å². The maximum atomic E-state index is 14.0. The lowest BCUT2D eigenvalue weighted by atomic mass is 9.93. The Bertz CT molecular complexity index is 507. The Morgan fingerprint density at radius 3 is 2.95 bits per heavy atom. The van der Waals surface area contributed by atoms with Crippen LogP contribution in [0.2, 0.25) is 0 Å². The number of carbonyl (C=O) groups excluding carboxylic acids is 1. The highest BCUT2D eigenvalue weighted by atomic mass is 19.1. The van der Waals surface area contributed by atoms with E-state index in [1.807, 2.05) is 0 Å². The van der Waals surface area contributed by atoms with Gasteiger partial charge in [0.15, 0.2) is 0 Å². The first kappa shape index (κ1) is 16.7. The maximum absolute atomic E-state index is 14.0. The van der Waals surface area contributed by atoms with Crippen LogP contribution >= 0.6 is 0 Å². The summed E-state index contributed by atoms with van der Waals surface area (Å²) in [5, 5.41) is 0. The van der Waals surface area contributed by atoms with Crippen molar-refractivity contribution in [2.75, 3.05) is 33.9 Å². The van der Waals surface area contributed by atoms with Gasteiger partial charge < -0.3 is 14.4 Å². The summed E-state index contributed by atoms with van der Waals surface area (Å²) < 4.78 is 24.3. The van der Waals surface area contributed by atoms with Gasteiger partial charge in [-0.3, -0.25) is 4.79 Å². The fourth-order valence-corrected chi connectivity index (χ4v) is 3.04. The van der Waals surface area contributed by atoms with Crippen molar-refractivity contribution in [2.45, 2.75) is 25.7 Å². The first-order valence-electron chi connectivity index (χ1n) is 7.78. The Labute approximate surface area is 131 Å². The standard InChI is InChI=1S/C17H24FNO3/c1-21-11-5-7-13-6-4-10-19(12-13)17(20)16-14(18)8-3-9-15(16)22-2/h3,8-9,13H,4-7,10-12H2,1-2H3/t13-/m1/s1. The Morgan fingerprint density at radius 1 is 1.41 bits per heavy atom. The van der Waals surface area contributed by atoms with E-state index in [1.165, 1.54) is 13.2 Å². The van der Waals surface area contributed by atoms with E-state index < -0.39 is 5.82 Å². The molecule has 1 heterocycles. The second-order valence-corrected chi connectivity index (χ2v) is 5.71. The predicted molar refractivity (Wildman–Crippen MR) is 82.7 cm³/mol. The van der Waals surface area contributed by atoms with Crippen molar-refractivity contribution < 1.29 is 18.7 Å². The van der Waals surface area contributed by atoms with E-state index in [-0.39, 0.29) is 11.5 Å². The van der Waals surface area contributed by atoms with Gasteiger partial charge in [-0.05, 0) is 43.7 Å². The van der Waals surface area contributed by atoms with Gasteiger partial charge in [-0.2, -0.15) is 0 Å². The summed E-state index contributed by atoms with van der Waals surface area (Å²) >= 11 is 0. The second-order valence-electron chi connectivity index (χ2n) is 5.71. The Morgan fingerprint density at radius 2 is 2.23 bits per heavy atom. The van der Waals surface area contributed by atoms with Crippen molar-refractivity contribution in [1.82, 2.24) is 4.90 Å². The van der Waals surface area contributed by atoms with E-state index in [0.29, 0.717) is 24.8 Å². The van der Waals surface area contributed by atoms with Crippen LogP contribution in [0.3, 0.4) is 0 Å². The molecule has 1 fully saturated rings. The molecule has 122 valence electrons. The normalized spacial score (nSPS) is 18.3. The molecule has 2 rings (SSSR count). The number of likely N-dealkylation sites (tertiary alicyclic amines) is 1. The molecule has 0 aromatic heterocycles. The highest BCUT2D eigenvalue weighted by molar-refractivity contribution is 5.97. The number of ether oxygens (including phenoxy) is 2. The third kappa shape index (κ3) is 3.97. The zero-order valence-corrected chi connectivity index (χ0v) is 13.3. The summed E-state index contributed by atoms with van der Waals surface area (Å²) in [5.74, 6) is -0.0330. The van der Waals surface area contributed by atoms with Crippen molar-refractivity contribution in [1.29, 1.82) is 0 Å². The van der Waals surface area contributed by atoms with Gasteiger partial charge >= 0.3 is 0 Å². The largest absolute Gasteiger partial charge is 0.496 e. The van der Waals surface area contributed by atoms with Gasteiger partial charge in [0.25, 0.3) is 5.91 Å². The van der Waals surface area contributed by atoms with Crippen LogP contribution < -0.4 is 4.74 Å². The SMILES string of the molecule is COCCC[C@H]1CCCN(C(=O)c2c(F)cccc2OC)C1. The molecular formula is C17H24FNO3. The second kappa shape index (κ2) is 8.13. The molecule has 0 aliphatic carbocycles. The third-order valence-corrected chi connectivity index (χ3v) is 4.18. The van der Waals surface area contributed by atoms with Gasteiger partial charge in [-0.25, -0.2) is 4.39 Å². The Kier molecular flexibility index (Phi) is 6.19. The fraction of sp³-hybridized carbons (Fsp3) is 0.588. The van der Waals surface area contributed by atoms with E-state index in [4.69, 9.17) is 9.47 Å². The monoisotopic (exact) mass is 309 g/mol. The van der Waals surface area contributed by atoms with Gasteiger partial charge in [0.05, 0.1) is 7.11 Å². The molecule has 0 N–H and O–H groups in total. The molecule has 1 atom stereocenters. The summed E-state index contributed by atoms with van der Waals surface area (Å²) in [4.78, 5) is 14.4. The topological polar surface area (TPSA) is 38.8 Å². The molecule has 1 saturated heterocycles. The molecule has 22 heavy (non-hydrogen) atoms. The van der Waals surface area contributed by atoms with Crippen LogP contribution in [0.25, 0.3) is 0 Å². The lowest BCUT2D eigenvalue weighted by Gasteiger charge is -2.33. The van der Waals surface area contributed by atoms with E-state index in [2.05, 4.69) is 0 Å². The number of benzene rings is 1. The lowest BCUT2D eigenvalue weighted by Crippen LogP contribution is -2.40. The number of piperidine rings is 1. The maximum Gasteiger partial charge on any atom is 0.260 e. The van der Waals surface area contributed by atoms with Crippen LogP contribution in [0, 0.1) is 11.7 Å². The highest BCUT2D eigenvalue weighted by Gasteiger charge is 2.28. The highest BCUT2D eigenvalue weighted by Crippen LogP contribution is 2.27. The first-order chi connectivity index (χ1) is 10.7. The van der Waals surface area contributed by atoms with Gasteiger partial charge in [-0.1, -0.05) is 6.07 Å². The molecule has 5 heteroatoms. The fourth-order valence-electron chi connectivity index (χ4n) is 3.04. The number of hydrogen-bond donors (Lipinski definition) is 0. The number of nitrogens with zero attached hydrogens (tertiary/aromatic N) is 1. The number of rotatable bonds is 6. The lowest BCUT2D eigenvalue weighted by molar-refractivity contribution is 0.0652. The van der Waals surface area contributed by atoms with Gasteiger partial charge in [0, 0.05) is 26.8 Å². The van der Waals surface area contributed by atoms with Crippen LogP contribution in [0.4, 0.5) is 4.39 Å². The minimum Gasteiger partial charge on any atom is -0.496 e. The van der Waals surface area contributed by atoms with Crippen LogP contribution in [0.1, 0.15) is 36.0 Å². The zero-order chi connectivity index (χ0) is 15.9. The number of carbonyl (C=O) groups is 1. The minimum atomic E-state index is -0.522. The molecule has 1 aliphatic rings. The van der Waals surface area contributed by atoms with Crippen molar-refractivity contribution in [3.8, 4) is 5.75 Å². The average Bonchev–Trinajstić information content (AvgIpc) is 2.54. The van der Waals surface area contributed by atoms with E-state index in [9.17, 15) is 9.18 Å². The van der Waals surface area contributed by atoms with Crippen molar-refractivity contribution >= 4 is 5.91 Å². The van der Waals surface area contributed by atoms with Gasteiger partial charge in [0.2, 0.25) is 0 Å². The van der Waals surface area contributed by atoms with Crippen molar-refractivity contribution in [3.05, 3.63) is 29.6 Å². The van der Waals surface area contributed by atoms with Crippen LogP contribution in [-0.2, 0) is 4.74 Å². The van der Waals surface area contributed by atoms with Gasteiger partial charge in [-0.15, -0.1) is 0 Å². The van der Waals surface area contributed by atoms with Crippen LogP contribution in [0.5, 0.6) is 5.75 Å². The van der Waals surface area contributed by atoms with E-state index >= 15 is 0 Å². The minimum absolute atomic E-state index is 0.0440. The molecule has 0 unspecified atom stereocenters. The first-order valence-corrected chi connectivity index (χ1v) is 7.78. The quantitative estimate of drug-likeness (QED) is 0.758. The summed E-state index contributed by atoms with van der Waals surface area (Å²) in [7, 11) is 3.15. The number of halogens is 1. The Balaban J connectivity index is 2.06. The van der Waals surface area contributed by atoms with Crippen molar-refractivity contribution in [2.24, 2.45) is 5.92 Å². The molecule has 4 nitrogen and oxygen atoms in total. The third-order valence-electron chi connectivity index (χ3n) is 4.18. The molecular weight excluding hydrogens is 285 g/mol. The molecule has 0 saturated carbocycles. The predicted octanol–water partition coefficient (Wildman–Crippen LogP) is 3.11. The summed E-state index contributed by atoms with van der Waals surface area (Å²) in [5.41, 5.74) is 0.0440. The molecule has 0 spiro atoms. The van der Waals surface area contributed by atoms with E-state index in [1.54, 1.807) is 24.1 Å². The van der Waals surface area contributed by atoms with E-state index in [0.717, 1.165) is 32.3 Å². The average molecular weight is 309 g/mol. The zero-order valence-electron chi connectivity index (χ0n) is 13.3. The summed E-state index contributed by atoms with van der Waals surface area (Å²) in [6, 6.07) is 4.47. The molecule has 1 amide bonds. The smallest absolute Gasteiger partial charge is 0.260 e. The molecule has 1 aliphatic heterocycles. The van der Waals surface area contributed by atoms with Crippen LogP contribution in [-0.4, -0.2) is 44.7 Å². The Hall–Kier alpha value is -1.62. The molecule has 0 radical (unpaired) electrons. The number of amides is 1.